The molecule has 9 rings (SSSR count). The predicted octanol–water partition coefficient (Wildman–Crippen LogP) is 2.67. The molecule has 72 heavy (non-hydrogen) atoms. The van der Waals surface area contributed by atoms with Gasteiger partial charge in [-0.05, 0) is 97.1 Å². The number of rotatable bonds is 12. The molecule has 19 nitrogen and oxygen atoms in total. The van der Waals surface area contributed by atoms with E-state index in [1.165, 1.54) is 14.0 Å². The summed E-state index contributed by atoms with van der Waals surface area (Å²) in [4.78, 5) is 13.7. The summed E-state index contributed by atoms with van der Waals surface area (Å²) in [6, 6.07) is 8.51. The second-order valence-electron chi connectivity index (χ2n) is 22.8. The lowest BCUT2D eigenvalue weighted by molar-refractivity contribution is -0.344. The Balaban J connectivity index is 0.786. The van der Waals surface area contributed by atoms with Gasteiger partial charge in [0.2, 0.25) is 0 Å². The highest BCUT2D eigenvalue weighted by molar-refractivity contribution is 5.89. The van der Waals surface area contributed by atoms with Crippen LogP contribution in [-0.2, 0) is 47.4 Å². The summed E-state index contributed by atoms with van der Waals surface area (Å²) >= 11 is 0. The molecule has 25 atom stereocenters. The van der Waals surface area contributed by atoms with E-state index in [2.05, 4.69) is 6.92 Å². The van der Waals surface area contributed by atoms with Gasteiger partial charge in [-0.15, -0.1) is 0 Å². The van der Waals surface area contributed by atoms with Crippen molar-refractivity contribution in [2.75, 3.05) is 7.11 Å². The first-order valence-electron chi connectivity index (χ1n) is 26.3. The van der Waals surface area contributed by atoms with Gasteiger partial charge < -0.3 is 88.2 Å². The average Bonchev–Trinajstić information content (AvgIpc) is 3.56. The molecule has 0 amide bonds. The molecule has 4 heterocycles. The molecule has 4 aliphatic carbocycles. The van der Waals surface area contributed by atoms with Crippen LogP contribution in [0.25, 0.3) is 0 Å². The van der Waals surface area contributed by atoms with Crippen molar-refractivity contribution in [1.29, 1.82) is 0 Å². The lowest BCUT2D eigenvalue weighted by atomic mass is 9.42. The molecule has 0 radical (unpaired) electrons. The van der Waals surface area contributed by atoms with Crippen LogP contribution in [0.4, 0.5) is 0 Å². The van der Waals surface area contributed by atoms with Gasteiger partial charge >= 0.3 is 5.97 Å². The normalized spacial score (nSPS) is 51.0. The molecule has 19 heteroatoms. The van der Waals surface area contributed by atoms with Gasteiger partial charge in [0.25, 0.3) is 0 Å². The smallest absolute Gasteiger partial charge is 0.338 e. The highest BCUT2D eigenvalue weighted by Crippen LogP contribution is 2.71. The molecule has 8 N–H and O–H groups in total. The van der Waals surface area contributed by atoms with Gasteiger partial charge in [0.15, 0.2) is 25.2 Å². The molecule has 3 saturated carbocycles. The van der Waals surface area contributed by atoms with Crippen molar-refractivity contribution >= 4 is 5.97 Å². The fourth-order valence-electron chi connectivity index (χ4n) is 14.4. The van der Waals surface area contributed by atoms with Crippen molar-refractivity contribution in [1.82, 2.24) is 0 Å². The summed E-state index contributed by atoms with van der Waals surface area (Å²) in [6.07, 6.45) is -10.6. The van der Waals surface area contributed by atoms with Crippen LogP contribution in [0.15, 0.2) is 42.0 Å². The topological polar surface area (TPSA) is 271 Å². The van der Waals surface area contributed by atoms with Crippen LogP contribution in [0.5, 0.6) is 0 Å². The second kappa shape index (κ2) is 20.6. The summed E-state index contributed by atoms with van der Waals surface area (Å²) in [5.74, 6) is -1.20. The van der Waals surface area contributed by atoms with Crippen molar-refractivity contribution in [3.63, 3.8) is 0 Å². The third-order valence-corrected chi connectivity index (χ3v) is 18.7. The Kier molecular flexibility index (Phi) is 15.6. The molecular formula is C53H80O19. The molecule has 0 unspecified atom stereocenters. The van der Waals surface area contributed by atoms with E-state index in [9.17, 15) is 45.6 Å². The third-order valence-electron chi connectivity index (χ3n) is 18.7. The Hall–Kier alpha value is -2.25. The number of aliphatic hydroxyl groups excluding tert-OH is 5. The van der Waals surface area contributed by atoms with E-state index >= 15 is 0 Å². The molecule has 1 aromatic carbocycles. The number of hydrogen-bond donors (Lipinski definition) is 8. The van der Waals surface area contributed by atoms with Crippen LogP contribution in [0.1, 0.15) is 129 Å². The van der Waals surface area contributed by atoms with Crippen molar-refractivity contribution in [2.45, 2.75) is 253 Å². The standard InChI is InChI=1S/C53H80O19/c1-26-44(58)37(63-8)24-43(64-26)72-47-29(4)67-42(23-36(47)57)71-46-28(3)66-41(22-35(46)56)70-45-27(2)65-40(21-34(45)55)68-33-15-16-49(6)32(20-33)14-17-52(61)38(49)25-39(69-48(59)31-12-10-9-11-13-31)50(7)51(60,30(5)54)18-19-53(50,52)62/h9-14,26-30,33-47,54-58,60-62H,15-25H2,1-8H3/t26-,27-,28-,29-,30-,33+,34+,35+,36-,37-,38-,39-,40+,41+,42+,43+,44-,45-,46-,47-,49+,50-,51-,52+,53-/m1/s1. The van der Waals surface area contributed by atoms with E-state index in [0.29, 0.717) is 24.8 Å². The first-order chi connectivity index (χ1) is 34.0. The van der Waals surface area contributed by atoms with Crippen molar-refractivity contribution in [3.05, 3.63) is 47.5 Å². The Labute approximate surface area is 421 Å². The third kappa shape index (κ3) is 9.34. The summed E-state index contributed by atoms with van der Waals surface area (Å²) in [5, 5.41) is 93.4. The average molecular weight is 1020 g/mol. The van der Waals surface area contributed by atoms with E-state index < -0.39 is 150 Å². The predicted molar refractivity (Wildman–Crippen MR) is 252 cm³/mol. The van der Waals surface area contributed by atoms with Crippen molar-refractivity contribution in [3.8, 4) is 0 Å². The number of benzene rings is 1. The zero-order valence-corrected chi connectivity index (χ0v) is 42.9. The van der Waals surface area contributed by atoms with Gasteiger partial charge in [0, 0.05) is 38.7 Å². The van der Waals surface area contributed by atoms with Gasteiger partial charge in [-0.3, -0.25) is 0 Å². The van der Waals surface area contributed by atoms with Gasteiger partial charge in [-0.1, -0.05) is 43.7 Å². The highest BCUT2D eigenvalue weighted by atomic mass is 16.8. The van der Waals surface area contributed by atoms with E-state index in [0.717, 1.165) is 5.57 Å². The van der Waals surface area contributed by atoms with Gasteiger partial charge in [0.1, 0.15) is 47.3 Å². The Morgan fingerprint density at radius 3 is 1.72 bits per heavy atom. The Morgan fingerprint density at radius 2 is 1.21 bits per heavy atom. The summed E-state index contributed by atoms with van der Waals surface area (Å²) < 4.78 is 61.3. The van der Waals surface area contributed by atoms with Crippen molar-refractivity contribution in [2.24, 2.45) is 16.7 Å². The number of fused-ring (bicyclic) bond motifs is 5. The summed E-state index contributed by atoms with van der Waals surface area (Å²) in [7, 11) is 1.51. The molecule has 7 fully saturated rings. The zero-order chi connectivity index (χ0) is 51.9. The van der Waals surface area contributed by atoms with Crippen molar-refractivity contribution < 1.29 is 93.0 Å². The number of methoxy groups -OCH3 is 1. The molecule has 8 aliphatic rings. The van der Waals surface area contributed by atoms with E-state index in [1.807, 2.05) is 6.08 Å². The minimum atomic E-state index is -1.93. The molecule has 406 valence electrons. The Morgan fingerprint density at radius 1 is 0.694 bits per heavy atom. The first kappa shape index (κ1) is 54.5. The molecular weight excluding hydrogens is 941 g/mol. The summed E-state index contributed by atoms with van der Waals surface area (Å²) in [6.45, 7) is 12.2. The van der Waals surface area contributed by atoms with Crippen LogP contribution in [0, 0.1) is 16.7 Å². The van der Waals surface area contributed by atoms with Gasteiger partial charge in [-0.2, -0.15) is 0 Å². The fraction of sp³-hybridized carbons (Fsp3) is 0.830. The van der Waals surface area contributed by atoms with Crippen LogP contribution >= 0.6 is 0 Å². The molecule has 0 aromatic heterocycles. The Bertz CT molecular complexity index is 2040. The number of hydrogen-bond acceptors (Lipinski definition) is 19. The molecule has 1 aromatic rings. The van der Waals surface area contributed by atoms with Crippen LogP contribution in [0.2, 0.25) is 0 Å². The number of esters is 1. The minimum absolute atomic E-state index is 0.000291. The van der Waals surface area contributed by atoms with Crippen LogP contribution in [-0.4, -0.2) is 187 Å². The van der Waals surface area contributed by atoms with Gasteiger partial charge in [0.05, 0.1) is 72.0 Å². The number of aliphatic hydroxyl groups is 8. The quantitative estimate of drug-likeness (QED) is 0.110. The van der Waals surface area contributed by atoms with E-state index in [1.54, 1.807) is 65.0 Å². The van der Waals surface area contributed by atoms with Crippen LogP contribution < -0.4 is 0 Å². The van der Waals surface area contributed by atoms with Gasteiger partial charge in [-0.25, -0.2) is 4.79 Å². The monoisotopic (exact) mass is 1020 g/mol. The molecule has 4 saturated heterocycles. The fourth-order valence-corrected chi connectivity index (χ4v) is 14.4. The number of carbonyl (C=O) groups is 1. The maximum Gasteiger partial charge on any atom is 0.338 e. The summed E-state index contributed by atoms with van der Waals surface area (Å²) in [5.41, 5.74) is -6.42. The maximum absolute atomic E-state index is 13.7. The van der Waals surface area contributed by atoms with E-state index in [-0.39, 0.29) is 57.5 Å². The maximum atomic E-state index is 13.7. The van der Waals surface area contributed by atoms with Crippen LogP contribution in [0.3, 0.4) is 0 Å². The lowest BCUT2D eigenvalue weighted by Gasteiger charge is -2.67. The molecule has 0 spiro atoms. The zero-order valence-electron chi connectivity index (χ0n) is 42.9. The minimum Gasteiger partial charge on any atom is -0.458 e. The highest BCUT2D eigenvalue weighted by Gasteiger charge is 2.81. The second-order valence-corrected chi connectivity index (χ2v) is 22.8. The largest absolute Gasteiger partial charge is 0.458 e. The molecule has 0 bridgehead atoms. The lowest BCUT2D eigenvalue weighted by Crippen LogP contribution is -2.78. The number of ether oxygens (including phenoxy) is 10. The molecule has 4 aliphatic heterocycles. The number of carbonyl (C=O) groups excluding carboxylic acids is 1. The SMILES string of the molecule is CO[C@@H]1C[C@H](O[C@H]2[C@H](O)C[C@H](O[C@H]3[C@@H](O)C[C@H](O[C@H]4[C@@H](O)C[C@H](O[C@H]5CC[C@@]6(C)C(=CC[C@]7(O)[C@@H]6C[C@@H](OC(=O)c6ccccc6)[C@@]6(C)[C@]7(O)CC[C@@]6(O)[C@@H](C)O)C5)O[C@@H]4C)O[C@@H]3C)O[C@@H]2C)O[C@H](C)[C@H]1O. The first-order valence-corrected chi connectivity index (χ1v) is 26.3. The van der Waals surface area contributed by atoms with E-state index in [4.69, 9.17) is 47.4 Å².